The maximum Gasteiger partial charge on any atom is 0.269 e. The van der Waals surface area contributed by atoms with Crippen LogP contribution in [0.3, 0.4) is 0 Å². The second-order valence-corrected chi connectivity index (χ2v) is 6.01. The molecule has 3 aromatic rings. The number of amides is 1. The number of hydrogen-bond acceptors (Lipinski definition) is 6. The molecule has 0 fully saturated rings. The molecule has 1 atom stereocenters. The number of carbonyl (C=O) groups is 1. The highest BCUT2D eigenvalue weighted by molar-refractivity contribution is 5.79. The van der Waals surface area contributed by atoms with Gasteiger partial charge in [0.05, 0.1) is 28.3 Å². The molecule has 0 spiro atoms. The van der Waals surface area contributed by atoms with Crippen molar-refractivity contribution in [2.24, 2.45) is 0 Å². The number of nitrogens with zero attached hydrogens (tertiary/aromatic N) is 3. The number of fused-ring (bicyclic) bond motifs is 1. The lowest BCUT2D eigenvalue weighted by atomic mass is 10.1. The molecule has 9 nitrogen and oxygen atoms in total. The molecule has 3 rings (SSSR count). The van der Waals surface area contributed by atoms with E-state index in [9.17, 15) is 29.2 Å². The first-order valence-corrected chi connectivity index (χ1v) is 8.19. The van der Waals surface area contributed by atoms with Gasteiger partial charge in [-0.25, -0.2) is 9.37 Å². The Hall–Kier alpha value is -3.66. The van der Waals surface area contributed by atoms with Crippen LogP contribution in [-0.2, 0) is 11.3 Å². The molecule has 0 aliphatic carbocycles. The zero-order valence-corrected chi connectivity index (χ0v) is 14.4. The number of non-ortho nitro benzene ring substituents is 1. The van der Waals surface area contributed by atoms with Gasteiger partial charge in [0.2, 0.25) is 5.91 Å². The Labute approximate surface area is 157 Å². The zero-order chi connectivity index (χ0) is 20.3. The van der Waals surface area contributed by atoms with Crippen LogP contribution in [0.15, 0.2) is 53.6 Å². The third-order valence-corrected chi connectivity index (χ3v) is 4.08. The molecule has 10 heteroatoms. The summed E-state index contributed by atoms with van der Waals surface area (Å²) in [7, 11) is 0. The molecule has 1 heterocycles. The smallest absolute Gasteiger partial charge is 0.269 e. The summed E-state index contributed by atoms with van der Waals surface area (Å²) in [6, 6.07) is 8.89. The van der Waals surface area contributed by atoms with Crippen LogP contribution in [0.1, 0.15) is 11.7 Å². The number of aliphatic hydroxyl groups is 1. The maximum absolute atomic E-state index is 13.3. The van der Waals surface area contributed by atoms with Gasteiger partial charge in [-0.2, -0.15) is 0 Å². The van der Waals surface area contributed by atoms with Gasteiger partial charge in [-0.15, -0.1) is 0 Å². The van der Waals surface area contributed by atoms with Crippen molar-refractivity contribution in [3.8, 4) is 0 Å². The van der Waals surface area contributed by atoms with Crippen molar-refractivity contribution in [3.63, 3.8) is 0 Å². The first-order chi connectivity index (χ1) is 13.3. The van der Waals surface area contributed by atoms with Gasteiger partial charge in [0, 0.05) is 18.7 Å². The van der Waals surface area contributed by atoms with Gasteiger partial charge in [0.1, 0.15) is 12.4 Å². The van der Waals surface area contributed by atoms with Gasteiger partial charge in [0.15, 0.2) is 0 Å². The SMILES string of the molecule is O=C(Cn1cnc2ccc(F)cc2c1=O)NCC(O)c1ccc([N+](=O)[O-])cc1. The Bertz CT molecular complexity index is 1100. The van der Waals surface area contributed by atoms with Gasteiger partial charge in [-0.1, -0.05) is 0 Å². The highest BCUT2D eigenvalue weighted by Gasteiger charge is 2.13. The number of rotatable bonds is 6. The number of nitro benzene ring substituents is 1. The minimum atomic E-state index is -1.08. The fraction of sp³-hybridized carbons (Fsp3) is 0.167. The van der Waals surface area contributed by atoms with Gasteiger partial charge in [-0.05, 0) is 35.9 Å². The summed E-state index contributed by atoms with van der Waals surface area (Å²) in [5.41, 5.74) is 0.0396. The summed E-state index contributed by atoms with van der Waals surface area (Å²) in [6.45, 7) is -0.508. The summed E-state index contributed by atoms with van der Waals surface area (Å²) in [5, 5.41) is 23.2. The number of hydrogen-bond donors (Lipinski definition) is 2. The molecule has 1 unspecified atom stereocenters. The Morgan fingerprint density at radius 1 is 1.29 bits per heavy atom. The van der Waals surface area contributed by atoms with Crippen molar-refractivity contribution in [3.05, 3.63) is 80.6 Å². The topological polar surface area (TPSA) is 127 Å². The van der Waals surface area contributed by atoms with E-state index in [0.717, 1.165) is 10.6 Å². The fourth-order valence-electron chi connectivity index (χ4n) is 2.60. The number of carbonyl (C=O) groups excluding carboxylic acids is 1. The Morgan fingerprint density at radius 2 is 2.00 bits per heavy atom. The number of nitro groups is 1. The average molecular weight is 386 g/mol. The monoisotopic (exact) mass is 386 g/mol. The maximum atomic E-state index is 13.3. The van der Waals surface area contributed by atoms with E-state index in [1.165, 1.54) is 42.7 Å². The van der Waals surface area contributed by atoms with Crippen LogP contribution in [0.2, 0.25) is 0 Å². The lowest BCUT2D eigenvalue weighted by Crippen LogP contribution is -2.34. The van der Waals surface area contributed by atoms with E-state index in [4.69, 9.17) is 0 Å². The quantitative estimate of drug-likeness (QED) is 0.485. The summed E-state index contributed by atoms with van der Waals surface area (Å²) in [6.07, 6.45) is 0.111. The predicted octanol–water partition coefficient (Wildman–Crippen LogP) is 1.29. The summed E-state index contributed by atoms with van der Waals surface area (Å²) in [5.74, 6) is -1.14. The predicted molar refractivity (Wildman–Crippen MR) is 97.0 cm³/mol. The van der Waals surface area contributed by atoms with Crippen molar-refractivity contribution >= 4 is 22.5 Å². The average Bonchev–Trinajstić information content (AvgIpc) is 2.68. The lowest BCUT2D eigenvalue weighted by Gasteiger charge is -2.13. The van der Waals surface area contributed by atoms with Gasteiger partial charge >= 0.3 is 0 Å². The number of aromatic nitrogens is 2. The minimum absolute atomic E-state index is 0.0567. The summed E-state index contributed by atoms with van der Waals surface area (Å²) >= 11 is 0. The Morgan fingerprint density at radius 3 is 2.68 bits per heavy atom. The molecule has 1 amide bonds. The molecule has 2 N–H and O–H groups in total. The van der Waals surface area contributed by atoms with Gasteiger partial charge in [0.25, 0.3) is 11.2 Å². The molecule has 0 aliphatic heterocycles. The van der Waals surface area contributed by atoms with Gasteiger partial charge < -0.3 is 10.4 Å². The Kier molecular flexibility index (Phi) is 5.41. The number of aliphatic hydroxyl groups excluding tert-OH is 1. The van der Waals surface area contributed by atoms with E-state index >= 15 is 0 Å². The Balaban J connectivity index is 1.64. The van der Waals surface area contributed by atoms with E-state index in [-0.39, 0.29) is 24.2 Å². The number of nitrogens with one attached hydrogen (secondary N) is 1. The standard InChI is InChI=1S/C18H15FN4O5/c19-12-3-6-15-14(7-12)18(26)22(10-21-15)9-17(25)20-8-16(24)11-1-4-13(5-2-11)23(27)28/h1-7,10,16,24H,8-9H2,(H,20,25). The molecule has 0 bridgehead atoms. The van der Waals surface area contributed by atoms with E-state index in [0.29, 0.717) is 11.1 Å². The first-order valence-electron chi connectivity index (χ1n) is 8.19. The van der Waals surface area contributed by atoms with Crippen molar-refractivity contribution in [1.82, 2.24) is 14.9 Å². The molecule has 0 radical (unpaired) electrons. The molecular weight excluding hydrogens is 371 g/mol. The van der Waals surface area contributed by atoms with Crippen LogP contribution in [0, 0.1) is 15.9 Å². The third kappa shape index (κ3) is 4.18. The molecule has 28 heavy (non-hydrogen) atoms. The van der Waals surface area contributed by atoms with Crippen LogP contribution in [-0.4, -0.2) is 32.0 Å². The normalized spacial score (nSPS) is 11.9. The van der Waals surface area contributed by atoms with Crippen LogP contribution >= 0.6 is 0 Å². The first kappa shape index (κ1) is 19.1. The number of benzene rings is 2. The lowest BCUT2D eigenvalue weighted by molar-refractivity contribution is -0.384. The molecule has 2 aromatic carbocycles. The molecule has 0 saturated carbocycles. The highest BCUT2D eigenvalue weighted by atomic mass is 19.1. The van der Waals surface area contributed by atoms with Crippen molar-refractivity contribution in [1.29, 1.82) is 0 Å². The van der Waals surface area contributed by atoms with E-state index in [1.807, 2.05) is 0 Å². The van der Waals surface area contributed by atoms with Crippen LogP contribution < -0.4 is 10.9 Å². The highest BCUT2D eigenvalue weighted by Crippen LogP contribution is 2.17. The molecule has 144 valence electrons. The zero-order valence-electron chi connectivity index (χ0n) is 14.4. The van der Waals surface area contributed by atoms with Crippen LogP contribution in [0.25, 0.3) is 10.9 Å². The fourth-order valence-corrected chi connectivity index (χ4v) is 2.60. The number of halogens is 1. The van der Waals surface area contributed by atoms with Crippen molar-refractivity contribution in [2.75, 3.05) is 6.54 Å². The van der Waals surface area contributed by atoms with Crippen LogP contribution in [0.5, 0.6) is 0 Å². The van der Waals surface area contributed by atoms with E-state index in [1.54, 1.807) is 0 Å². The molecule has 0 saturated heterocycles. The molecule has 1 aromatic heterocycles. The van der Waals surface area contributed by atoms with Gasteiger partial charge in [-0.3, -0.25) is 24.3 Å². The van der Waals surface area contributed by atoms with E-state index in [2.05, 4.69) is 10.3 Å². The molecular formula is C18H15FN4O5. The third-order valence-electron chi connectivity index (χ3n) is 4.08. The van der Waals surface area contributed by atoms with E-state index < -0.39 is 28.3 Å². The second kappa shape index (κ2) is 7.92. The minimum Gasteiger partial charge on any atom is -0.387 e. The van der Waals surface area contributed by atoms with Crippen LogP contribution in [0.4, 0.5) is 10.1 Å². The largest absolute Gasteiger partial charge is 0.387 e. The molecule has 0 aliphatic rings. The summed E-state index contributed by atoms with van der Waals surface area (Å²) < 4.78 is 14.4. The van der Waals surface area contributed by atoms with Crippen molar-refractivity contribution in [2.45, 2.75) is 12.6 Å². The van der Waals surface area contributed by atoms with Crippen molar-refractivity contribution < 1.29 is 19.2 Å². The second-order valence-electron chi connectivity index (χ2n) is 6.01. The summed E-state index contributed by atoms with van der Waals surface area (Å²) in [4.78, 5) is 38.5.